The number of alkyl halides is 3. The molecule has 0 spiro atoms. The fourth-order valence-corrected chi connectivity index (χ4v) is 1.50. The highest BCUT2D eigenvalue weighted by atomic mass is 19.4. The molecule has 1 aromatic carbocycles. The van der Waals surface area contributed by atoms with E-state index in [1.165, 1.54) is 19.1 Å². The third kappa shape index (κ3) is 8.61. The minimum Gasteiger partial charge on any atom is -0.456 e. The Balaban J connectivity index is 2.34. The van der Waals surface area contributed by atoms with Crippen LogP contribution in [0.3, 0.4) is 0 Å². The van der Waals surface area contributed by atoms with E-state index < -0.39 is 30.6 Å². The summed E-state index contributed by atoms with van der Waals surface area (Å²) in [5.74, 6) is -2.05. The molecule has 0 saturated carbocycles. The zero-order valence-electron chi connectivity index (χ0n) is 12.6. The fraction of sp³-hybridized carbons (Fsp3) is 0.357. The lowest BCUT2D eigenvalue weighted by Crippen LogP contribution is -2.25. The van der Waals surface area contributed by atoms with Crippen molar-refractivity contribution >= 4 is 23.5 Å². The number of rotatable bonds is 7. The second-order valence-corrected chi connectivity index (χ2v) is 4.51. The monoisotopic (exact) mass is 348 g/mol. The van der Waals surface area contributed by atoms with Crippen LogP contribution >= 0.6 is 0 Å². The first-order chi connectivity index (χ1) is 11.2. The van der Waals surface area contributed by atoms with Crippen molar-refractivity contribution in [1.82, 2.24) is 5.32 Å². The Kier molecular flexibility index (Phi) is 7.02. The van der Waals surface area contributed by atoms with Gasteiger partial charge in [-0.1, -0.05) is 0 Å². The van der Waals surface area contributed by atoms with Gasteiger partial charge in [0.2, 0.25) is 5.91 Å². The molecule has 10 heteroatoms. The van der Waals surface area contributed by atoms with Gasteiger partial charge < -0.3 is 20.1 Å². The Hall–Kier alpha value is -2.78. The molecule has 0 aliphatic carbocycles. The molecule has 0 saturated heterocycles. The summed E-state index contributed by atoms with van der Waals surface area (Å²) >= 11 is 0. The van der Waals surface area contributed by atoms with Crippen LogP contribution in [0.25, 0.3) is 0 Å². The number of hydrogen-bond acceptors (Lipinski definition) is 5. The summed E-state index contributed by atoms with van der Waals surface area (Å²) in [7, 11) is 0. The molecule has 0 atom stereocenters. The largest absolute Gasteiger partial charge is 0.573 e. The lowest BCUT2D eigenvalue weighted by molar-refractivity contribution is -0.274. The highest BCUT2D eigenvalue weighted by Crippen LogP contribution is 2.23. The number of esters is 1. The van der Waals surface area contributed by atoms with E-state index in [2.05, 4.69) is 20.1 Å². The van der Waals surface area contributed by atoms with Crippen LogP contribution in [0.1, 0.15) is 13.3 Å². The number of nitrogens with one attached hydrogen (secondary N) is 2. The van der Waals surface area contributed by atoms with Crippen molar-refractivity contribution in [3.8, 4) is 5.75 Å². The molecular weight excluding hydrogens is 333 g/mol. The predicted octanol–water partition coefficient (Wildman–Crippen LogP) is 1.59. The normalized spacial score (nSPS) is 10.7. The topological polar surface area (TPSA) is 93.7 Å². The minimum atomic E-state index is -4.80. The van der Waals surface area contributed by atoms with Crippen LogP contribution in [0.5, 0.6) is 5.75 Å². The molecule has 2 N–H and O–H groups in total. The number of ether oxygens (including phenoxy) is 2. The highest BCUT2D eigenvalue weighted by molar-refractivity contribution is 5.92. The van der Waals surface area contributed by atoms with Gasteiger partial charge in [-0.15, -0.1) is 13.2 Å². The summed E-state index contributed by atoms with van der Waals surface area (Å²) < 4.78 is 44.3. The molecule has 1 aromatic rings. The molecule has 0 aliphatic rings. The standard InChI is InChI=1S/C14H15F3N2O5/c1-9(20)18-7-6-13(22)23-8-12(21)19-10-2-4-11(5-3-10)24-14(15,16)17/h2-5H,6-8H2,1H3,(H,18,20)(H,19,21). The van der Waals surface area contributed by atoms with Crippen molar-refractivity contribution in [2.75, 3.05) is 18.5 Å². The van der Waals surface area contributed by atoms with Crippen LogP contribution in [0.2, 0.25) is 0 Å². The molecule has 0 fully saturated rings. The Bertz CT molecular complexity index is 587. The van der Waals surface area contributed by atoms with Crippen LogP contribution in [-0.2, 0) is 19.1 Å². The zero-order valence-corrected chi connectivity index (χ0v) is 12.6. The van der Waals surface area contributed by atoms with Crippen LogP contribution in [0.4, 0.5) is 18.9 Å². The number of carbonyl (C=O) groups is 3. The van der Waals surface area contributed by atoms with Gasteiger partial charge in [-0.05, 0) is 24.3 Å². The van der Waals surface area contributed by atoms with E-state index in [0.29, 0.717) is 0 Å². The number of carbonyl (C=O) groups excluding carboxylic acids is 3. The molecule has 0 aliphatic heterocycles. The van der Waals surface area contributed by atoms with Crippen molar-refractivity contribution < 1.29 is 37.0 Å². The van der Waals surface area contributed by atoms with E-state index in [9.17, 15) is 27.6 Å². The second kappa shape index (κ2) is 8.75. The molecule has 1 rings (SSSR count). The van der Waals surface area contributed by atoms with E-state index in [1.807, 2.05) is 0 Å². The highest BCUT2D eigenvalue weighted by Gasteiger charge is 2.30. The van der Waals surface area contributed by atoms with Gasteiger partial charge in [0.25, 0.3) is 5.91 Å². The Morgan fingerprint density at radius 1 is 1.12 bits per heavy atom. The van der Waals surface area contributed by atoms with E-state index in [1.54, 1.807) is 0 Å². The smallest absolute Gasteiger partial charge is 0.456 e. The first-order valence-electron chi connectivity index (χ1n) is 6.71. The molecule has 0 aromatic heterocycles. The SMILES string of the molecule is CC(=O)NCCC(=O)OCC(=O)Nc1ccc(OC(F)(F)F)cc1. The van der Waals surface area contributed by atoms with Crippen molar-refractivity contribution in [3.63, 3.8) is 0 Å². The summed E-state index contributed by atoms with van der Waals surface area (Å²) in [5.41, 5.74) is 0.212. The summed E-state index contributed by atoms with van der Waals surface area (Å²) in [6, 6.07) is 4.47. The third-order valence-corrected chi connectivity index (χ3v) is 2.44. The Morgan fingerprint density at radius 3 is 2.29 bits per heavy atom. The average Bonchev–Trinajstić information content (AvgIpc) is 2.45. The van der Waals surface area contributed by atoms with Gasteiger partial charge in [0.05, 0.1) is 6.42 Å². The quantitative estimate of drug-likeness (QED) is 0.730. The minimum absolute atomic E-state index is 0.0870. The maximum absolute atomic E-state index is 12.0. The zero-order chi connectivity index (χ0) is 18.2. The maximum atomic E-state index is 12.0. The average molecular weight is 348 g/mol. The molecular formula is C14H15F3N2O5. The van der Waals surface area contributed by atoms with Crippen molar-refractivity contribution in [2.45, 2.75) is 19.7 Å². The summed E-state index contributed by atoms with van der Waals surface area (Å²) in [6.07, 6.45) is -4.88. The van der Waals surface area contributed by atoms with Crippen LogP contribution in [0, 0.1) is 0 Å². The summed E-state index contributed by atoms with van der Waals surface area (Å²) in [5, 5.41) is 4.73. The molecule has 2 amide bonds. The van der Waals surface area contributed by atoms with Gasteiger partial charge in [0.1, 0.15) is 5.75 Å². The van der Waals surface area contributed by atoms with Gasteiger partial charge in [0, 0.05) is 19.2 Å². The number of amides is 2. The molecule has 24 heavy (non-hydrogen) atoms. The van der Waals surface area contributed by atoms with Gasteiger partial charge in [-0.3, -0.25) is 14.4 Å². The Morgan fingerprint density at radius 2 is 1.75 bits per heavy atom. The summed E-state index contributed by atoms with van der Waals surface area (Å²) in [4.78, 5) is 33.4. The molecule has 7 nitrogen and oxygen atoms in total. The molecule has 0 unspecified atom stereocenters. The van der Waals surface area contributed by atoms with Gasteiger partial charge in [0.15, 0.2) is 6.61 Å². The fourth-order valence-electron chi connectivity index (χ4n) is 1.50. The molecule has 0 radical (unpaired) electrons. The number of benzene rings is 1. The van der Waals surface area contributed by atoms with Gasteiger partial charge >= 0.3 is 12.3 Å². The lowest BCUT2D eigenvalue weighted by Gasteiger charge is -2.10. The first-order valence-corrected chi connectivity index (χ1v) is 6.71. The number of anilines is 1. The lowest BCUT2D eigenvalue weighted by atomic mass is 10.3. The number of halogens is 3. The van der Waals surface area contributed by atoms with Crippen LogP contribution in [-0.4, -0.2) is 37.3 Å². The molecule has 0 heterocycles. The second-order valence-electron chi connectivity index (χ2n) is 4.51. The summed E-state index contributed by atoms with van der Waals surface area (Å²) in [6.45, 7) is 0.833. The molecule has 132 valence electrons. The van der Waals surface area contributed by atoms with E-state index in [4.69, 9.17) is 0 Å². The third-order valence-electron chi connectivity index (χ3n) is 2.44. The van der Waals surface area contributed by atoms with Crippen molar-refractivity contribution in [1.29, 1.82) is 0 Å². The van der Waals surface area contributed by atoms with Crippen LogP contribution in [0.15, 0.2) is 24.3 Å². The number of hydrogen-bond donors (Lipinski definition) is 2. The first kappa shape index (κ1) is 19.3. The Labute approximate surface area is 135 Å². The van der Waals surface area contributed by atoms with Crippen LogP contribution < -0.4 is 15.4 Å². The van der Waals surface area contributed by atoms with E-state index in [-0.39, 0.29) is 24.6 Å². The van der Waals surface area contributed by atoms with Gasteiger partial charge in [-0.25, -0.2) is 0 Å². The van der Waals surface area contributed by atoms with E-state index in [0.717, 1.165) is 12.1 Å². The van der Waals surface area contributed by atoms with Crippen molar-refractivity contribution in [2.24, 2.45) is 0 Å². The maximum Gasteiger partial charge on any atom is 0.573 e. The molecule has 0 bridgehead atoms. The van der Waals surface area contributed by atoms with Gasteiger partial charge in [-0.2, -0.15) is 0 Å². The van der Waals surface area contributed by atoms with Crippen molar-refractivity contribution in [3.05, 3.63) is 24.3 Å². The predicted molar refractivity (Wildman–Crippen MR) is 76.0 cm³/mol. The van der Waals surface area contributed by atoms with E-state index >= 15 is 0 Å².